The molecule has 1 aromatic rings. The second kappa shape index (κ2) is 18.0. The van der Waals surface area contributed by atoms with Crippen LogP contribution in [0.4, 0.5) is 20.1 Å². The van der Waals surface area contributed by atoms with Gasteiger partial charge in [-0.15, -0.1) is 0 Å². The predicted octanol–water partition coefficient (Wildman–Crippen LogP) is 1.88. The van der Waals surface area contributed by atoms with Crippen molar-refractivity contribution in [2.45, 2.75) is 51.2 Å². The summed E-state index contributed by atoms with van der Waals surface area (Å²) >= 11 is 0. The molecule has 0 aromatic heterocycles. The van der Waals surface area contributed by atoms with E-state index in [9.17, 15) is 49.2 Å². The van der Waals surface area contributed by atoms with Crippen molar-refractivity contribution in [1.29, 1.82) is 0 Å². The number of nitrogens with one attached hydrogen (secondary N) is 1. The van der Waals surface area contributed by atoms with Crippen LogP contribution in [-0.2, 0) is 25.5 Å². The normalized spacial score (nSPS) is 23.9. The first-order valence-electron chi connectivity index (χ1n) is 16.0. The highest BCUT2D eigenvalue weighted by molar-refractivity contribution is 5.95. The highest BCUT2D eigenvalue weighted by atomic mass is 16.6. The Kier molecular flexibility index (Phi) is 14.2. The van der Waals surface area contributed by atoms with Gasteiger partial charge in [0.1, 0.15) is 6.10 Å². The van der Waals surface area contributed by atoms with Gasteiger partial charge < -0.3 is 46.0 Å². The van der Waals surface area contributed by atoms with Gasteiger partial charge in [0, 0.05) is 63.0 Å². The lowest BCUT2D eigenvalue weighted by molar-refractivity contribution is -0.141. The number of aliphatic carboxylic acids is 2. The van der Waals surface area contributed by atoms with Crippen LogP contribution in [-0.4, -0.2) is 147 Å². The van der Waals surface area contributed by atoms with Crippen molar-refractivity contribution in [3.8, 4) is 0 Å². The molecule has 4 amide bonds. The van der Waals surface area contributed by atoms with Crippen LogP contribution >= 0.6 is 0 Å². The van der Waals surface area contributed by atoms with Gasteiger partial charge in [0.05, 0.1) is 13.1 Å². The molecule has 7 N–H and O–H groups in total. The predicted molar refractivity (Wildman–Crippen MR) is 175 cm³/mol. The van der Waals surface area contributed by atoms with Crippen LogP contribution in [0.5, 0.6) is 0 Å². The molecule has 3 rings (SSSR count). The highest BCUT2D eigenvalue weighted by Crippen LogP contribution is 2.34. The maximum absolute atomic E-state index is 13.4. The first kappa shape index (κ1) is 38.5. The minimum absolute atomic E-state index is 0.00446. The lowest BCUT2D eigenvalue weighted by Crippen LogP contribution is -2.53. The van der Waals surface area contributed by atoms with Crippen LogP contribution in [0.15, 0.2) is 36.4 Å². The Morgan fingerprint density at radius 1 is 0.857 bits per heavy atom. The number of nitrogens with zero attached hydrogens (tertiary/aromatic N) is 4. The second-order valence-corrected chi connectivity index (χ2v) is 12.6. The molecule has 1 aliphatic carbocycles. The largest absolute Gasteiger partial charge is 0.480 e. The quantitative estimate of drug-likeness (QED) is 0.203. The molecule has 1 saturated heterocycles. The fourth-order valence-electron chi connectivity index (χ4n) is 6.04. The molecule has 1 heterocycles. The summed E-state index contributed by atoms with van der Waals surface area (Å²) in [4.78, 5) is 77.3. The van der Waals surface area contributed by atoms with E-state index < -0.39 is 60.9 Å². The van der Waals surface area contributed by atoms with Crippen LogP contribution in [0, 0.1) is 5.41 Å². The van der Waals surface area contributed by atoms with E-state index in [0.717, 1.165) is 15.4 Å². The lowest BCUT2D eigenvalue weighted by atomic mass is 9.78. The number of primary amides is 1. The second-order valence-electron chi connectivity index (χ2n) is 12.6. The van der Waals surface area contributed by atoms with Crippen LogP contribution < -0.4 is 11.1 Å². The van der Waals surface area contributed by atoms with Gasteiger partial charge in [0.15, 0.2) is 0 Å². The van der Waals surface area contributed by atoms with E-state index >= 15 is 0 Å². The zero-order chi connectivity index (χ0) is 36.1. The van der Waals surface area contributed by atoms with Crippen LogP contribution in [0.3, 0.4) is 0 Å². The number of ether oxygens (including phenoxy) is 1. The third-order valence-electron chi connectivity index (χ3n) is 8.90. The summed E-state index contributed by atoms with van der Waals surface area (Å²) < 4.78 is 5.12. The third kappa shape index (κ3) is 12.6. The number of benzene rings is 1. The van der Waals surface area contributed by atoms with Crippen molar-refractivity contribution in [3.05, 3.63) is 42.0 Å². The van der Waals surface area contributed by atoms with Gasteiger partial charge in [-0.3, -0.25) is 24.2 Å². The van der Waals surface area contributed by atoms with Crippen molar-refractivity contribution in [3.63, 3.8) is 0 Å². The molecule has 0 radical (unpaired) electrons. The van der Waals surface area contributed by atoms with E-state index in [-0.39, 0.29) is 58.1 Å². The van der Waals surface area contributed by atoms with Crippen molar-refractivity contribution in [1.82, 2.24) is 19.6 Å². The number of allylic oxidation sites excluding steroid dienone is 1. The van der Waals surface area contributed by atoms with E-state index in [0.29, 0.717) is 31.4 Å². The molecule has 0 spiro atoms. The molecule has 17 heteroatoms. The molecular weight excluding hydrogens is 644 g/mol. The van der Waals surface area contributed by atoms with Crippen molar-refractivity contribution >= 4 is 41.8 Å². The smallest absolute Gasteiger partial charge is 0.407 e. The minimum Gasteiger partial charge on any atom is -0.480 e. The molecule has 2 aliphatic rings. The van der Waals surface area contributed by atoms with Gasteiger partial charge in [0.25, 0.3) is 0 Å². The van der Waals surface area contributed by atoms with Crippen molar-refractivity contribution < 1.29 is 53.9 Å². The molecule has 1 aliphatic heterocycles. The van der Waals surface area contributed by atoms with E-state index in [1.54, 1.807) is 40.1 Å². The molecule has 49 heavy (non-hydrogen) atoms. The number of anilines is 1. The summed E-state index contributed by atoms with van der Waals surface area (Å²) in [6.45, 7) is 0.639. The van der Waals surface area contributed by atoms with E-state index in [4.69, 9.17) is 10.5 Å². The van der Waals surface area contributed by atoms with E-state index in [1.165, 1.54) is 0 Å². The number of carbonyl (C=O) groups is 6. The number of carboxylic acids is 2. The number of hydrogen-bond donors (Lipinski definition) is 6. The van der Waals surface area contributed by atoms with Gasteiger partial charge in [-0.1, -0.05) is 25.1 Å². The third-order valence-corrected chi connectivity index (χ3v) is 8.90. The number of rotatable bonds is 9. The zero-order valence-electron chi connectivity index (χ0n) is 27.5. The Hall–Kier alpha value is -4.90. The molecule has 17 nitrogen and oxygen atoms in total. The fraction of sp³-hybridized carbons (Fsp3) is 0.562. The standard InChI is InChI=1S/C32H46N6O11/c1-32(10-3-2-4-25(9-11-32)49-29(33)44)28(43)34-23-7-5-22(6-8-23)18-24-19-35(20-26(39)40)12-13-36(30(45)46)14-15-37(31(47)48)16-17-38(24)21-27(41)42/h2,4-8,24-25H,3,9-21H2,1H3,(H2,33,44)(H,34,43)(H,39,40)(H,41,42)(H,45,46)(H,47,48)/b4-2+/t24?,25-,32+/m1/s1. The Labute approximate surface area is 283 Å². The van der Waals surface area contributed by atoms with Gasteiger partial charge in [-0.05, 0) is 55.9 Å². The maximum Gasteiger partial charge on any atom is 0.407 e. The lowest BCUT2D eigenvalue weighted by Gasteiger charge is -2.37. The number of amides is 4. The molecule has 270 valence electrons. The SMILES string of the molecule is C[C@]1(C(=O)Nc2ccc(CC3CN(CC(=O)O)CCN(C(=O)O)CCN(C(=O)O)CCN3CC(=O)O)cc2)CC/C=C/[C@@H](OC(N)=O)CC1. The van der Waals surface area contributed by atoms with Crippen LogP contribution in [0.1, 0.15) is 38.2 Å². The van der Waals surface area contributed by atoms with Crippen molar-refractivity contribution in [2.24, 2.45) is 11.1 Å². The maximum atomic E-state index is 13.4. The molecular formula is C32H46N6O11. The summed E-state index contributed by atoms with van der Waals surface area (Å²) in [6.07, 6.45) is 2.00. The molecule has 1 aromatic carbocycles. The molecule has 1 fully saturated rings. The highest BCUT2D eigenvalue weighted by Gasteiger charge is 2.34. The Bertz CT molecular complexity index is 1370. The number of carbonyl (C=O) groups excluding carboxylic acids is 2. The number of nitrogens with two attached hydrogens (primary N) is 1. The van der Waals surface area contributed by atoms with Crippen molar-refractivity contribution in [2.75, 3.05) is 64.2 Å². The first-order chi connectivity index (χ1) is 23.1. The monoisotopic (exact) mass is 690 g/mol. The summed E-state index contributed by atoms with van der Waals surface area (Å²) in [5.41, 5.74) is 5.69. The van der Waals surface area contributed by atoms with Crippen LogP contribution in [0.2, 0.25) is 0 Å². The van der Waals surface area contributed by atoms with Gasteiger partial charge in [-0.25, -0.2) is 14.4 Å². The Morgan fingerprint density at radius 2 is 1.45 bits per heavy atom. The number of hydrogen-bond acceptors (Lipinski definition) is 9. The first-order valence-corrected chi connectivity index (χ1v) is 16.0. The Balaban J connectivity index is 1.82. The summed E-state index contributed by atoms with van der Waals surface area (Å²) in [7, 11) is 0. The van der Waals surface area contributed by atoms with Crippen LogP contribution in [0.25, 0.3) is 0 Å². The van der Waals surface area contributed by atoms with E-state index in [1.807, 2.05) is 13.0 Å². The molecule has 1 unspecified atom stereocenters. The van der Waals surface area contributed by atoms with Gasteiger partial charge in [-0.2, -0.15) is 0 Å². The Morgan fingerprint density at radius 3 is 2.02 bits per heavy atom. The number of carboxylic acid groups (broad SMARTS) is 4. The average molecular weight is 691 g/mol. The minimum atomic E-state index is -1.28. The van der Waals surface area contributed by atoms with Gasteiger partial charge in [0.2, 0.25) is 5.91 Å². The summed E-state index contributed by atoms with van der Waals surface area (Å²) in [5, 5.41) is 41.7. The average Bonchev–Trinajstić information content (AvgIpc) is 3.00. The zero-order valence-corrected chi connectivity index (χ0v) is 27.5. The fourth-order valence-corrected chi connectivity index (χ4v) is 6.04. The molecule has 0 bridgehead atoms. The van der Waals surface area contributed by atoms with E-state index in [2.05, 4.69) is 5.32 Å². The summed E-state index contributed by atoms with van der Waals surface area (Å²) in [6, 6.07) is 6.36. The molecule has 0 saturated carbocycles. The summed E-state index contributed by atoms with van der Waals surface area (Å²) in [5.74, 6) is -2.49. The topological polar surface area (TPSA) is 244 Å². The molecule has 3 atom stereocenters. The van der Waals surface area contributed by atoms with Gasteiger partial charge >= 0.3 is 30.2 Å².